The van der Waals surface area contributed by atoms with Crippen LogP contribution >= 0.6 is 11.6 Å². The fourth-order valence-corrected chi connectivity index (χ4v) is 5.31. The molecule has 150 valence electrons. The lowest BCUT2D eigenvalue weighted by Gasteiger charge is -2.31. The normalized spacial score (nSPS) is 17.9. The molecule has 3 aromatic rings. The summed E-state index contributed by atoms with van der Waals surface area (Å²) in [6.45, 7) is 0.592. The first-order valence-electron chi connectivity index (χ1n) is 9.49. The molecular formula is C22H21ClN2O3S. The number of halogens is 1. The maximum absolute atomic E-state index is 13.2. The number of hydrogen-bond donors (Lipinski definition) is 1. The van der Waals surface area contributed by atoms with Gasteiger partial charge in [-0.05, 0) is 60.0 Å². The van der Waals surface area contributed by atoms with Crippen LogP contribution in [0, 0.1) is 5.92 Å². The molecular weight excluding hydrogens is 408 g/mol. The average Bonchev–Trinajstić information content (AvgIpc) is 2.75. The van der Waals surface area contributed by atoms with Gasteiger partial charge in [0, 0.05) is 23.8 Å². The Hall–Kier alpha value is -2.41. The van der Waals surface area contributed by atoms with Gasteiger partial charge in [0.2, 0.25) is 15.9 Å². The molecule has 0 unspecified atom stereocenters. The fourth-order valence-electron chi connectivity index (χ4n) is 3.63. The summed E-state index contributed by atoms with van der Waals surface area (Å²) in [5.41, 5.74) is 0.647. The molecule has 29 heavy (non-hydrogen) atoms. The van der Waals surface area contributed by atoms with Crippen molar-refractivity contribution in [1.29, 1.82) is 0 Å². The van der Waals surface area contributed by atoms with E-state index >= 15 is 0 Å². The second kappa shape index (κ2) is 8.14. The number of fused-ring (bicyclic) bond motifs is 1. The van der Waals surface area contributed by atoms with Crippen molar-refractivity contribution in [3.8, 4) is 0 Å². The van der Waals surface area contributed by atoms with Crippen molar-refractivity contribution < 1.29 is 13.2 Å². The Bertz CT molecular complexity index is 1150. The highest BCUT2D eigenvalue weighted by atomic mass is 35.5. The molecule has 3 aromatic carbocycles. The van der Waals surface area contributed by atoms with E-state index in [2.05, 4.69) is 5.32 Å². The van der Waals surface area contributed by atoms with E-state index < -0.39 is 15.9 Å². The molecule has 1 N–H and O–H groups in total. The number of rotatable bonds is 4. The van der Waals surface area contributed by atoms with Gasteiger partial charge in [-0.15, -0.1) is 0 Å². The zero-order valence-electron chi connectivity index (χ0n) is 15.7. The van der Waals surface area contributed by atoms with E-state index in [4.69, 9.17) is 11.6 Å². The molecule has 5 nitrogen and oxygen atoms in total. The predicted molar refractivity (Wildman–Crippen MR) is 116 cm³/mol. The molecule has 1 fully saturated rings. The van der Waals surface area contributed by atoms with Crippen LogP contribution in [0.1, 0.15) is 12.8 Å². The lowest BCUT2D eigenvalue weighted by Crippen LogP contribution is -2.43. The van der Waals surface area contributed by atoms with E-state index in [0.717, 1.165) is 10.8 Å². The minimum Gasteiger partial charge on any atom is -0.326 e. The molecule has 0 bridgehead atoms. The highest BCUT2D eigenvalue weighted by Crippen LogP contribution is 2.27. The molecule has 0 aromatic heterocycles. The zero-order chi connectivity index (χ0) is 20.4. The Labute approximate surface area is 175 Å². The van der Waals surface area contributed by atoms with Crippen molar-refractivity contribution in [3.05, 3.63) is 71.8 Å². The minimum absolute atomic E-state index is 0.175. The molecule has 1 amide bonds. The van der Waals surface area contributed by atoms with Crippen LogP contribution in [0.25, 0.3) is 10.8 Å². The van der Waals surface area contributed by atoms with E-state index in [1.54, 1.807) is 36.4 Å². The van der Waals surface area contributed by atoms with Crippen LogP contribution in [0.4, 0.5) is 5.69 Å². The van der Waals surface area contributed by atoms with Crippen molar-refractivity contribution in [2.75, 3.05) is 18.4 Å². The summed E-state index contributed by atoms with van der Waals surface area (Å²) in [5, 5.41) is 5.32. The van der Waals surface area contributed by atoms with Crippen LogP contribution in [-0.4, -0.2) is 31.7 Å². The number of anilines is 1. The van der Waals surface area contributed by atoms with Crippen LogP contribution in [0.5, 0.6) is 0 Å². The van der Waals surface area contributed by atoms with Crippen molar-refractivity contribution in [1.82, 2.24) is 4.31 Å². The SMILES string of the molecule is O=C(Nc1ccc(Cl)cc1)[C@@H]1CCCN(S(=O)(=O)c2ccc3ccccc3c2)C1. The van der Waals surface area contributed by atoms with Crippen molar-refractivity contribution >= 4 is 44.0 Å². The summed E-state index contributed by atoms with van der Waals surface area (Å²) in [4.78, 5) is 12.9. The summed E-state index contributed by atoms with van der Waals surface area (Å²) in [6.07, 6.45) is 1.30. The summed E-state index contributed by atoms with van der Waals surface area (Å²) in [6, 6.07) is 19.7. The van der Waals surface area contributed by atoms with Gasteiger partial charge in [0.25, 0.3) is 0 Å². The lowest BCUT2D eigenvalue weighted by atomic mass is 9.99. The molecule has 1 atom stereocenters. The van der Waals surface area contributed by atoms with Gasteiger partial charge in [-0.1, -0.05) is 41.9 Å². The van der Waals surface area contributed by atoms with E-state index in [1.165, 1.54) is 4.31 Å². The number of sulfonamides is 1. The maximum Gasteiger partial charge on any atom is 0.243 e. The monoisotopic (exact) mass is 428 g/mol. The fraction of sp³-hybridized carbons (Fsp3) is 0.227. The third-order valence-corrected chi connectivity index (χ3v) is 7.34. The number of carbonyl (C=O) groups is 1. The van der Waals surface area contributed by atoms with Crippen LogP contribution in [0.3, 0.4) is 0 Å². The Balaban J connectivity index is 1.51. The Morgan fingerprint density at radius 1 is 1.00 bits per heavy atom. The molecule has 1 aliphatic rings. The smallest absolute Gasteiger partial charge is 0.243 e. The summed E-state index contributed by atoms with van der Waals surface area (Å²) < 4.78 is 27.8. The summed E-state index contributed by atoms with van der Waals surface area (Å²) >= 11 is 5.87. The highest BCUT2D eigenvalue weighted by Gasteiger charge is 2.33. The van der Waals surface area contributed by atoms with Gasteiger partial charge in [0.05, 0.1) is 10.8 Å². The first-order valence-corrected chi connectivity index (χ1v) is 11.3. The molecule has 1 heterocycles. The van der Waals surface area contributed by atoms with Gasteiger partial charge in [0.1, 0.15) is 0 Å². The Kier molecular flexibility index (Phi) is 5.58. The van der Waals surface area contributed by atoms with Crippen molar-refractivity contribution in [2.24, 2.45) is 5.92 Å². The van der Waals surface area contributed by atoms with Crippen LogP contribution in [-0.2, 0) is 14.8 Å². The number of carbonyl (C=O) groups excluding carboxylic acids is 1. The standard InChI is InChI=1S/C22H21ClN2O3S/c23-19-8-10-20(11-9-19)24-22(26)18-6-3-13-25(15-18)29(27,28)21-12-7-16-4-1-2-5-17(16)14-21/h1-2,4-5,7-12,14,18H,3,6,13,15H2,(H,24,26)/t18-/m1/s1. The number of hydrogen-bond acceptors (Lipinski definition) is 3. The Morgan fingerprint density at radius 3 is 2.48 bits per heavy atom. The Morgan fingerprint density at radius 2 is 1.72 bits per heavy atom. The second-order valence-corrected chi connectivity index (χ2v) is 9.58. The molecule has 4 rings (SSSR count). The zero-order valence-corrected chi connectivity index (χ0v) is 17.3. The number of benzene rings is 3. The first kappa shape index (κ1) is 19.9. The van der Waals surface area contributed by atoms with Gasteiger partial charge in [-0.25, -0.2) is 8.42 Å². The second-order valence-electron chi connectivity index (χ2n) is 7.21. The minimum atomic E-state index is -3.66. The predicted octanol–water partition coefficient (Wildman–Crippen LogP) is 4.53. The number of nitrogens with one attached hydrogen (secondary N) is 1. The quantitative estimate of drug-likeness (QED) is 0.663. The molecule has 1 saturated heterocycles. The van der Waals surface area contributed by atoms with Crippen LogP contribution in [0.15, 0.2) is 71.6 Å². The molecule has 7 heteroatoms. The van der Waals surface area contributed by atoms with Gasteiger partial charge < -0.3 is 5.32 Å². The summed E-state index contributed by atoms with van der Waals surface area (Å²) in [5.74, 6) is -0.569. The largest absolute Gasteiger partial charge is 0.326 e. The van der Waals surface area contributed by atoms with Crippen LogP contribution in [0.2, 0.25) is 5.02 Å². The molecule has 0 spiro atoms. The van der Waals surface area contributed by atoms with Crippen molar-refractivity contribution in [3.63, 3.8) is 0 Å². The lowest BCUT2D eigenvalue weighted by molar-refractivity contribution is -0.120. The van der Waals surface area contributed by atoms with Crippen LogP contribution < -0.4 is 5.32 Å². The van der Waals surface area contributed by atoms with E-state index in [9.17, 15) is 13.2 Å². The average molecular weight is 429 g/mol. The molecule has 1 aliphatic heterocycles. The van der Waals surface area contributed by atoms with Gasteiger partial charge in [0.15, 0.2) is 0 Å². The van der Waals surface area contributed by atoms with E-state index in [0.29, 0.717) is 30.1 Å². The highest BCUT2D eigenvalue weighted by molar-refractivity contribution is 7.89. The van der Waals surface area contributed by atoms with Gasteiger partial charge >= 0.3 is 0 Å². The van der Waals surface area contributed by atoms with E-state index in [1.807, 2.05) is 30.3 Å². The van der Waals surface area contributed by atoms with Gasteiger partial charge in [-0.2, -0.15) is 4.31 Å². The molecule has 0 aliphatic carbocycles. The summed E-state index contributed by atoms with van der Waals surface area (Å²) in [7, 11) is -3.66. The topological polar surface area (TPSA) is 66.5 Å². The maximum atomic E-state index is 13.2. The third-order valence-electron chi connectivity index (χ3n) is 5.23. The third kappa shape index (κ3) is 4.29. The first-order chi connectivity index (χ1) is 13.9. The number of piperidine rings is 1. The number of nitrogens with zero attached hydrogens (tertiary/aromatic N) is 1. The van der Waals surface area contributed by atoms with Crippen molar-refractivity contribution in [2.45, 2.75) is 17.7 Å². The molecule has 0 radical (unpaired) electrons. The van der Waals surface area contributed by atoms with Gasteiger partial charge in [-0.3, -0.25) is 4.79 Å². The molecule has 0 saturated carbocycles. The van der Waals surface area contributed by atoms with E-state index in [-0.39, 0.29) is 17.3 Å². The number of amides is 1.